The van der Waals surface area contributed by atoms with E-state index in [0.29, 0.717) is 6.10 Å². The minimum absolute atomic E-state index is 0.306. The summed E-state index contributed by atoms with van der Waals surface area (Å²) in [5.41, 5.74) is 9.10. The van der Waals surface area contributed by atoms with Gasteiger partial charge in [0.25, 0.3) is 0 Å². The maximum atomic E-state index is 5.84. The van der Waals surface area contributed by atoms with Crippen molar-refractivity contribution >= 4 is 11.4 Å². The van der Waals surface area contributed by atoms with E-state index in [4.69, 9.17) is 10.5 Å². The van der Waals surface area contributed by atoms with Crippen LogP contribution in [0.1, 0.15) is 12.5 Å². The van der Waals surface area contributed by atoms with Crippen LogP contribution in [0, 0.1) is 6.92 Å². The van der Waals surface area contributed by atoms with Gasteiger partial charge in [-0.25, -0.2) is 0 Å². The van der Waals surface area contributed by atoms with Gasteiger partial charge in [-0.1, -0.05) is 0 Å². The number of nitrogens with zero attached hydrogens (tertiary/aromatic N) is 1. The number of anilines is 2. The monoisotopic (exact) mass is 206 g/mol. The number of nitrogens with two attached hydrogens (primary N) is 1. The highest BCUT2D eigenvalue weighted by molar-refractivity contribution is 5.58. The normalized spacial score (nSPS) is 21.7. The molecule has 0 aromatic heterocycles. The second kappa shape index (κ2) is 4.11. The summed E-state index contributed by atoms with van der Waals surface area (Å²) in [6.45, 7) is 6.88. The molecule has 3 nitrogen and oxygen atoms in total. The van der Waals surface area contributed by atoms with E-state index in [-0.39, 0.29) is 0 Å². The summed E-state index contributed by atoms with van der Waals surface area (Å²) in [6.07, 6.45) is 0.306. The van der Waals surface area contributed by atoms with Gasteiger partial charge in [0.1, 0.15) is 0 Å². The summed E-state index contributed by atoms with van der Waals surface area (Å²) in [4.78, 5) is 2.33. The van der Waals surface area contributed by atoms with Crippen molar-refractivity contribution in [2.45, 2.75) is 20.0 Å². The lowest BCUT2D eigenvalue weighted by Crippen LogP contribution is -2.41. The molecule has 0 saturated carbocycles. The molecule has 3 heteroatoms. The first kappa shape index (κ1) is 10.3. The number of ether oxygens (including phenoxy) is 1. The maximum absolute atomic E-state index is 5.84. The van der Waals surface area contributed by atoms with E-state index in [1.54, 1.807) is 0 Å². The lowest BCUT2D eigenvalue weighted by atomic mass is 10.1. The van der Waals surface area contributed by atoms with E-state index in [1.165, 1.54) is 11.3 Å². The van der Waals surface area contributed by atoms with E-state index in [0.717, 1.165) is 25.4 Å². The largest absolute Gasteiger partial charge is 0.399 e. The Hall–Kier alpha value is -1.22. The topological polar surface area (TPSA) is 38.5 Å². The zero-order valence-corrected chi connectivity index (χ0v) is 9.36. The summed E-state index contributed by atoms with van der Waals surface area (Å²) in [5, 5.41) is 0. The Labute approximate surface area is 90.8 Å². The number of nitrogen functional groups attached to an aromatic ring is 1. The first-order chi connectivity index (χ1) is 7.15. The zero-order valence-electron chi connectivity index (χ0n) is 9.36. The Balaban J connectivity index is 2.20. The van der Waals surface area contributed by atoms with Crippen molar-refractivity contribution in [3.63, 3.8) is 0 Å². The predicted octanol–water partition coefficient (Wildman–Crippen LogP) is 1.80. The van der Waals surface area contributed by atoms with Crippen LogP contribution in [0.5, 0.6) is 0 Å². The Morgan fingerprint density at radius 1 is 1.40 bits per heavy atom. The molecule has 1 saturated heterocycles. The molecule has 0 bridgehead atoms. The van der Waals surface area contributed by atoms with Crippen LogP contribution in [-0.2, 0) is 4.74 Å². The third kappa shape index (κ3) is 2.42. The summed E-state index contributed by atoms with van der Waals surface area (Å²) < 4.78 is 5.52. The third-order valence-electron chi connectivity index (χ3n) is 2.69. The van der Waals surface area contributed by atoms with Crippen molar-refractivity contribution in [1.82, 2.24) is 0 Å². The predicted molar refractivity (Wildman–Crippen MR) is 63.2 cm³/mol. The number of rotatable bonds is 1. The van der Waals surface area contributed by atoms with Crippen molar-refractivity contribution in [3.8, 4) is 0 Å². The summed E-state index contributed by atoms with van der Waals surface area (Å²) in [5.74, 6) is 0. The molecule has 82 valence electrons. The van der Waals surface area contributed by atoms with E-state index >= 15 is 0 Å². The molecule has 1 fully saturated rings. The molecule has 0 radical (unpaired) electrons. The van der Waals surface area contributed by atoms with Gasteiger partial charge < -0.3 is 15.4 Å². The Bertz CT molecular complexity index is 331. The maximum Gasteiger partial charge on any atom is 0.0722 e. The quantitative estimate of drug-likeness (QED) is 0.712. The van der Waals surface area contributed by atoms with Crippen LogP contribution in [-0.4, -0.2) is 25.8 Å². The fourth-order valence-corrected chi connectivity index (χ4v) is 2.03. The minimum atomic E-state index is 0.306. The molecule has 0 unspecified atom stereocenters. The van der Waals surface area contributed by atoms with Gasteiger partial charge >= 0.3 is 0 Å². The lowest BCUT2D eigenvalue weighted by molar-refractivity contribution is 0.0532. The van der Waals surface area contributed by atoms with Gasteiger partial charge in [0.05, 0.1) is 12.7 Å². The van der Waals surface area contributed by atoms with Gasteiger partial charge in [0.15, 0.2) is 0 Å². The number of benzene rings is 1. The van der Waals surface area contributed by atoms with Crippen LogP contribution in [0.25, 0.3) is 0 Å². The molecule has 1 atom stereocenters. The van der Waals surface area contributed by atoms with Gasteiger partial charge in [0.2, 0.25) is 0 Å². The molecular formula is C12H18N2O. The fraction of sp³-hybridized carbons (Fsp3) is 0.500. The van der Waals surface area contributed by atoms with Gasteiger partial charge in [-0.05, 0) is 37.6 Å². The Morgan fingerprint density at radius 3 is 2.87 bits per heavy atom. The second-order valence-electron chi connectivity index (χ2n) is 4.23. The van der Waals surface area contributed by atoms with Crippen molar-refractivity contribution < 1.29 is 4.74 Å². The SMILES string of the molecule is Cc1cc(N)cc(N2CCO[C@H](C)C2)c1. The number of hydrogen-bond acceptors (Lipinski definition) is 3. The first-order valence-electron chi connectivity index (χ1n) is 5.39. The van der Waals surface area contributed by atoms with Crippen molar-refractivity contribution in [3.05, 3.63) is 23.8 Å². The zero-order chi connectivity index (χ0) is 10.8. The molecule has 1 aromatic rings. The molecule has 1 heterocycles. The van der Waals surface area contributed by atoms with Crippen LogP contribution < -0.4 is 10.6 Å². The summed E-state index contributed by atoms with van der Waals surface area (Å²) in [6, 6.07) is 6.20. The smallest absolute Gasteiger partial charge is 0.0722 e. The van der Waals surface area contributed by atoms with Gasteiger partial charge in [-0.15, -0.1) is 0 Å². The van der Waals surface area contributed by atoms with Crippen LogP contribution in [0.15, 0.2) is 18.2 Å². The van der Waals surface area contributed by atoms with Crippen LogP contribution in [0.2, 0.25) is 0 Å². The number of aryl methyl sites for hydroxylation is 1. The Kier molecular flexibility index (Phi) is 2.82. The molecule has 2 N–H and O–H groups in total. The summed E-state index contributed by atoms with van der Waals surface area (Å²) >= 11 is 0. The molecule has 0 spiro atoms. The molecule has 0 aliphatic carbocycles. The van der Waals surface area contributed by atoms with Gasteiger partial charge in [0, 0.05) is 24.5 Å². The van der Waals surface area contributed by atoms with E-state index in [2.05, 4.69) is 24.8 Å². The highest BCUT2D eigenvalue weighted by Gasteiger charge is 2.17. The first-order valence-corrected chi connectivity index (χ1v) is 5.39. The highest BCUT2D eigenvalue weighted by Crippen LogP contribution is 2.22. The lowest BCUT2D eigenvalue weighted by Gasteiger charge is -2.33. The fourth-order valence-electron chi connectivity index (χ4n) is 2.03. The van der Waals surface area contributed by atoms with Crippen molar-refractivity contribution in [2.24, 2.45) is 0 Å². The molecular weight excluding hydrogens is 188 g/mol. The molecule has 0 amide bonds. The molecule has 15 heavy (non-hydrogen) atoms. The van der Waals surface area contributed by atoms with Gasteiger partial charge in [-0.3, -0.25) is 0 Å². The van der Waals surface area contributed by atoms with Crippen LogP contribution in [0.4, 0.5) is 11.4 Å². The van der Waals surface area contributed by atoms with Crippen LogP contribution in [0.3, 0.4) is 0 Å². The average molecular weight is 206 g/mol. The molecule has 1 aliphatic heterocycles. The van der Waals surface area contributed by atoms with E-state index < -0.39 is 0 Å². The number of morpholine rings is 1. The van der Waals surface area contributed by atoms with Crippen molar-refractivity contribution in [1.29, 1.82) is 0 Å². The van der Waals surface area contributed by atoms with E-state index in [1.807, 2.05) is 12.1 Å². The number of hydrogen-bond donors (Lipinski definition) is 1. The van der Waals surface area contributed by atoms with Crippen LogP contribution >= 0.6 is 0 Å². The third-order valence-corrected chi connectivity index (χ3v) is 2.69. The van der Waals surface area contributed by atoms with Crippen molar-refractivity contribution in [2.75, 3.05) is 30.3 Å². The minimum Gasteiger partial charge on any atom is -0.399 e. The molecule has 2 rings (SSSR count). The highest BCUT2D eigenvalue weighted by atomic mass is 16.5. The molecule has 1 aliphatic rings. The molecule has 1 aromatic carbocycles. The summed E-state index contributed by atoms with van der Waals surface area (Å²) in [7, 11) is 0. The Morgan fingerprint density at radius 2 is 2.20 bits per heavy atom. The second-order valence-corrected chi connectivity index (χ2v) is 4.23. The average Bonchev–Trinajstić information content (AvgIpc) is 2.16. The van der Waals surface area contributed by atoms with E-state index in [9.17, 15) is 0 Å². The van der Waals surface area contributed by atoms with Gasteiger partial charge in [-0.2, -0.15) is 0 Å². The standard InChI is InChI=1S/C12H18N2O/c1-9-5-11(13)7-12(6-9)14-3-4-15-10(2)8-14/h5-7,10H,3-4,8,13H2,1-2H3/t10-/m1/s1.